The molecule has 8 nitrogen and oxygen atoms in total. The molecule has 1 aromatic heterocycles. The lowest BCUT2D eigenvalue weighted by Crippen LogP contribution is -2.35. The van der Waals surface area contributed by atoms with Crippen molar-refractivity contribution in [3.63, 3.8) is 0 Å². The Bertz CT molecular complexity index is 1160. The van der Waals surface area contributed by atoms with Crippen molar-refractivity contribution in [2.75, 3.05) is 12.9 Å². The third kappa shape index (κ3) is 4.57. The highest BCUT2D eigenvalue weighted by Crippen LogP contribution is 2.28. The number of rotatable bonds is 8. The van der Waals surface area contributed by atoms with Crippen molar-refractivity contribution >= 4 is 29.2 Å². The summed E-state index contributed by atoms with van der Waals surface area (Å²) < 4.78 is 7.08. The summed E-state index contributed by atoms with van der Waals surface area (Å²) in [5.41, 5.74) is 4.95. The van der Waals surface area contributed by atoms with Crippen LogP contribution in [0, 0.1) is 0 Å². The fourth-order valence-electron chi connectivity index (χ4n) is 3.53. The second-order valence-electron chi connectivity index (χ2n) is 7.19. The van der Waals surface area contributed by atoms with E-state index in [2.05, 4.69) is 20.7 Å². The van der Waals surface area contributed by atoms with E-state index in [1.165, 1.54) is 11.8 Å². The molecule has 0 fully saturated rings. The maximum absolute atomic E-state index is 12.6. The first-order valence-electron chi connectivity index (χ1n) is 10.3. The lowest BCUT2D eigenvalue weighted by Gasteiger charge is -2.21. The number of aromatic nitrogens is 3. The fourth-order valence-corrected chi connectivity index (χ4v) is 4.43. The van der Waals surface area contributed by atoms with Crippen molar-refractivity contribution < 1.29 is 14.3 Å². The van der Waals surface area contributed by atoms with E-state index < -0.39 is 5.92 Å². The summed E-state index contributed by atoms with van der Waals surface area (Å²) in [6, 6.07) is 16.8. The minimum absolute atomic E-state index is 0.0324. The standard InChI is InChI=1S/C23H23N5O3S/c1-3-28-21(18-13-19(24-26-22(18)30)15-8-5-4-6-9-15)25-27-23(28)32-14-20(29)16-10-7-11-17(12-16)31-2/h4-12,18H,3,13-14H2,1-2H3,(H,26,30)/t18-/m1/s1. The van der Waals surface area contributed by atoms with Crippen molar-refractivity contribution in [2.24, 2.45) is 5.10 Å². The Morgan fingerprint density at radius 3 is 2.75 bits per heavy atom. The van der Waals surface area contributed by atoms with E-state index in [1.807, 2.05) is 41.8 Å². The van der Waals surface area contributed by atoms with Crippen LogP contribution in [0.4, 0.5) is 0 Å². The molecule has 0 bridgehead atoms. The van der Waals surface area contributed by atoms with Crippen LogP contribution in [0.2, 0.25) is 0 Å². The summed E-state index contributed by atoms with van der Waals surface area (Å²) in [5, 5.41) is 13.4. The number of benzene rings is 2. The maximum atomic E-state index is 12.6. The van der Waals surface area contributed by atoms with Gasteiger partial charge in [-0.05, 0) is 24.6 Å². The van der Waals surface area contributed by atoms with Gasteiger partial charge in [-0.3, -0.25) is 9.59 Å². The molecular formula is C23H23N5O3S. The van der Waals surface area contributed by atoms with Gasteiger partial charge in [0.25, 0.3) is 5.91 Å². The van der Waals surface area contributed by atoms with Crippen LogP contribution in [0.1, 0.15) is 41.0 Å². The molecule has 0 saturated carbocycles. The highest BCUT2D eigenvalue weighted by Gasteiger charge is 2.32. The van der Waals surface area contributed by atoms with Crippen LogP contribution in [0.5, 0.6) is 5.75 Å². The number of ketones is 1. The molecule has 164 valence electrons. The molecule has 1 N–H and O–H groups in total. The van der Waals surface area contributed by atoms with Crippen LogP contribution in [-0.4, -0.2) is 45.0 Å². The van der Waals surface area contributed by atoms with Crippen LogP contribution in [0.25, 0.3) is 0 Å². The van der Waals surface area contributed by atoms with Gasteiger partial charge in [0.15, 0.2) is 10.9 Å². The van der Waals surface area contributed by atoms with E-state index in [0.717, 1.165) is 11.3 Å². The predicted molar refractivity (Wildman–Crippen MR) is 122 cm³/mol. The third-order valence-electron chi connectivity index (χ3n) is 5.22. The van der Waals surface area contributed by atoms with E-state index in [4.69, 9.17) is 4.74 Å². The molecule has 32 heavy (non-hydrogen) atoms. The molecule has 4 rings (SSSR count). The first kappa shape index (κ1) is 21.8. The molecule has 0 unspecified atom stereocenters. The highest BCUT2D eigenvalue weighted by molar-refractivity contribution is 7.99. The molecular weight excluding hydrogens is 426 g/mol. The maximum Gasteiger partial charge on any atom is 0.251 e. The van der Waals surface area contributed by atoms with Crippen LogP contribution in [0.15, 0.2) is 64.9 Å². The van der Waals surface area contributed by atoms with Gasteiger partial charge < -0.3 is 9.30 Å². The number of carbonyl (C=O) groups excluding carboxylic acids is 2. The van der Waals surface area contributed by atoms with Crippen molar-refractivity contribution in [1.82, 2.24) is 20.2 Å². The number of nitrogens with zero attached hydrogens (tertiary/aromatic N) is 4. The molecule has 9 heteroatoms. The summed E-state index contributed by atoms with van der Waals surface area (Å²) in [4.78, 5) is 25.2. The fraction of sp³-hybridized carbons (Fsp3) is 0.261. The monoisotopic (exact) mass is 449 g/mol. The topological polar surface area (TPSA) is 98.5 Å². The summed E-state index contributed by atoms with van der Waals surface area (Å²) in [7, 11) is 1.57. The normalized spacial score (nSPS) is 15.8. The lowest BCUT2D eigenvalue weighted by molar-refractivity contribution is -0.123. The van der Waals surface area contributed by atoms with Gasteiger partial charge >= 0.3 is 0 Å². The minimum atomic E-state index is -0.501. The van der Waals surface area contributed by atoms with Gasteiger partial charge in [-0.1, -0.05) is 54.2 Å². The number of hydrogen-bond acceptors (Lipinski definition) is 7. The number of hydrazone groups is 1. The zero-order valence-corrected chi connectivity index (χ0v) is 18.6. The van der Waals surface area contributed by atoms with E-state index in [9.17, 15) is 9.59 Å². The molecule has 1 atom stereocenters. The number of methoxy groups -OCH3 is 1. The number of nitrogens with one attached hydrogen (secondary N) is 1. The minimum Gasteiger partial charge on any atom is -0.497 e. The van der Waals surface area contributed by atoms with E-state index in [1.54, 1.807) is 31.4 Å². The number of carbonyl (C=O) groups is 2. The predicted octanol–water partition coefficient (Wildman–Crippen LogP) is 3.29. The zero-order chi connectivity index (χ0) is 22.5. The molecule has 0 radical (unpaired) electrons. The number of hydrogen-bond donors (Lipinski definition) is 1. The Morgan fingerprint density at radius 2 is 2.00 bits per heavy atom. The van der Waals surface area contributed by atoms with Gasteiger partial charge in [0, 0.05) is 18.5 Å². The molecule has 1 aliphatic rings. The van der Waals surface area contributed by atoms with E-state index >= 15 is 0 Å². The van der Waals surface area contributed by atoms with E-state index in [0.29, 0.717) is 35.3 Å². The number of amides is 1. The second kappa shape index (κ2) is 9.78. The van der Waals surface area contributed by atoms with E-state index in [-0.39, 0.29) is 17.4 Å². The summed E-state index contributed by atoms with van der Waals surface area (Å²) >= 11 is 1.31. The molecule has 2 aromatic carbocycles. The van der Waals surface area contributed by atoms with Gasteiger partial charge in [-0.15, -0.1) is 10.2 Å². The molecule has 3 aromatic rings. The molecule has 0 saturated heterocycles. The van der Waals surface area contributed by atoms with Crippen molar-refractivity contribution in [3.8, 4) is 5.75 Å². The number of ether oxygens (including phenoxy) is 1. The molecule has 0 aliphatic carbocycles. The van der Waals surface area contributed by atoms with Gasteiger partial charge in [-0.2, -0.15) is 5.10 Å². The van der Waals surface area contributed by atoms with Crippen LogP contribution in [-0.2, 0) is 11.3 Å². The number of Topliss-reactive ketones (excluding diaryl/α,β-unsaturated/α-hetero) is 1. The smallest absolute Gasteiger partial charge is 0.251 e. The Kier molecular flexibility index (Phi) is 6.65. The Morgan fingerprint density at radius 1 is 1.19 bits per heavy atom. The third-order valence-corrected chi connectivity index (χ3v) is 6.19. The molecule has 1 aliphatic heterocycles. The lowest BCUT2D eigenvalue weighted by atomic mass is 9.95. The largest absolute Gasteiger partial charge is 0.497 e. The number of thioether (sulfide) groups is 1. The average Bonchev–Trinajstić information content (AvgIpc) is 3.26. The highest BCUT2D eigenvalue weighted by atomic mass is 32.2. The summed E-state index contributed by atoms with van der Waals surface area (Å²) in [6.45, 7) is 2.55. The summed E-state index contributed by atoms with van der Waals surface area (Å²) in [5.74, 6) is 0.673. The van der Waals surface area contributed by atoms with Crippen molar-refractivity contribution in [2.45, 2.75) is 31.0 Å². The molecule has 2 heterocycles. The quantitative estimate of drug-likeness (QED) is 0.419. The molecule has 0 spiro atoms. The van der Waals surface area contributed by atoms with Crippen molar-refractivity contribution in [1.29, 1.82) is 0 Å². The van der Waals surface area contributed by atoms with Crippen LogP contribution in [0.3, 0.4) is 0 Å². The summed E-state index contributed by atoms with van der Waals surface area (Å²) in [6.07, 6.45) is 0.432. The van der Waals surface area contributed by atoms with Gasteiger partial charge in [-0.25, -0.2) is 5.43 Å². The SMILES string of the molecule is CCn1c(SCC(=O)c2cccc(OC)c2)nnc1[C@H]1CC(c2ccccc2)=NNC1=O. The Labute approximate surface area is 190 Å². The van der Waals surface area contributed by atoms with Gasteiger partial charge in [0.2, 0.25) is 0 Å². The van der Waals surface area contributed by atoms with Crippen LogP contribution >= 0.6 is 11.8 Å². The Hall–Kier alpha value is -3.46. The average molecular weight is 450 g/mol. The molecule has 1 amide bonds. The van der Waals surface area contributed by atoms with Gasteiger partial charge in [0.1, 0.15) is 17.5 Å². The first-order chi connectivity index (χ1) is 15.6. The zero-order valence-electron chi connectivity index (χ0n) is 17.8. The van der Waals surface area contributed by atoms with Crippen molar-refractivity contribution in [3.05, 3.63) is 71.5 Å². The first-order valence-corrected chi connectivity index (χ1v) is 11.2. The second-order valence-corrected chi connectivity index (χ2v) is 8.13. The van der Waals surface area contributed by atoms with Gasteiger partial charge in [0.05, 0.1) is 18.6 Å². The Balaban J connectivity index is 1.51. The van der Waals surface area contributed by atoms with Crippen LogP contribution < -0.4 is 10.2 Å².